The van der Waals surface area contributed by atoms with E-state index in [1.54, 1.807) is 49.4 Å². The van der Waals surface area contributed by atoms with Gasteiger partial charge in [0.05, 0.1) is 11.5 Å². The molecule has 1 heterocycles. The highest BCUT2D eigenvalue weighted by atomic mass is 32.1. The summed E-state index contributed by atoms with van der Waals surface area (Å²) < 4.78 is 19.0. The fraction of sp³-hybridized carbons (Fsp3) is 0.100. The molecule has 3 aromatic rings. The topological polar surface area (TPSA) is 67.4 Å². The minimum absolute atomic E-state index is 0.140. The Kier molecular flexibility index (Phi) is 5.83. The molecule has 1 aromatic heterocycles. The third kappa shape index (κ3) is 4.71. The van der Waals surface area contributed by atoms with Crippen LogP contribution in [0.4, 0.5) is 15.8 Å². The number of carbonyl (C=O) groups is 2. The summed E-state index contributed by atoms with van der Waals surface area (Å²) in [5, 5.41) is 7.22. The van der Waals surface area contributed by atoms with E-state index in [1.807, 2.05) is 5.38 Å². The lowest BCUT2D eigenvalue weighted by Crippen LogP contribution is -2.13. The molecule has 138 valence electrons. The Morgan fingerprint density at radius 1 is 1.00 bits per heavy atom. The van der Waals surface area contributed by atoms with E-state index >= 15 is 0 Å². The third-order valence-electron chi connectivity index (χ3n) is 3.64. The van der Waals surface area contributed by atoms with Crippen LogP contribution in [0, 0.1) is 5.82 Å². The highest BCUT2D eigenvalue weighted by Crippen LogP contribution is 2.22. The average Bonchev–Trinajstić information content (AvgIpc) is 3.19. The van der Waals surface area contributed by atoms with E-state index in [9.17, 15) is 14.0 Å². The summed E-state index contributed by atoms with van der Waals surface area (Å²) in [6.07, 6.45) is 0. The molecule has 2 N–H and O–H groups in total. The lowest BCUT2D eigenvalue weighted by molar-refractivity contribution is 0.102. The maximum atomic E-state index is 13.9. The summed E-state index contributed by atoms with van der Waals surface area (Å²) in [6, 6.07) is 14.2. The van der Waals surface area contributed by atoms with Crippen LogP contribution in [0.1, 0.15) is 27.0 Å². The summed E-state index contributed by atoms with van der Waals surface area (Å²) in [4.78, 5) is 24.9. The fourth-order valence-corrected chi connectivity index (χ4v) is 2.98. The van der Waals surface area contributed by atoms with Crippen LogP contribution in [0.3, 0.4) is 0 Å². The molecule has 0 bridgehead atoms. The van der Waals surface area contributed by atoms with Crippen molar-refractivity contribution in [2.75, 3.05) is 17.2 Å². The van der Waals surface area contributed by atoms with E-state index in [4.69, 9.17) is 4.74 Å². The Morgan fingerprint density at radius 3 is 2.33 bits per heavy atom. The van der Waals surface area contributed by atoms with Gasteiger partial charge in [-0.25, -0.2) is 4.39 Å². The smallest absolute Gasteiger partial charge is 0.265 e. The molecule has 0 aliphatic heterocycles. The monoisotopic (exact) mass is 384 g/mol. The molecular formula is C20H17FN2O3S. The van der Waals surface area contributed by atoms with Crippen molar-refractivity contribution >= 4 is 34.5 Å². The number of anilines is 2. The normalized spacial score (nSPS) is 10.3. The van der Waals surface area contributed by atoms with E-state index in [1.165, 1.54) is 23.5 Å². The van der Waals surface area contributed by atoms with Gasteiger partial charge < -0.3 is 15.4 Å². The Balaban J connectivity index is 1.63. The van der Waals surface area contributed by atoms with Crippen LogP contribution in [-0.2, 0) is 0 Å². The summed E-state index contributed by atoms with van der Waals surface area (Å²) in [7, 11) is 0. The van der Waals surface area contributed by atoms with E-state index in [0.29, 0.717) is 28.4 Å². The van der Waals surface area contributed by atoms with Gasteiger partial charge in [-0.2, -0.15) is 0 Å². The molecule has 0 aliphatic carbocycles. The van der Waals surface area contributed by atoms with Crippen molar-refractivity contribution in [3.63, 3.8) is 0 Å². The Labute approximate surface area is 159 Å². The van der Waals surface area contributed by atoms with Crippen molar-refractivity contribution in [3.8, 4) is 5.75 Å². The van der Waals surface area contributed by atoms with E-state index in [-0.39, 0.29) is 17.6 Å². The van der Waals surface area contributed by atoms with Gasteiger partial charge in [0.1, 0.15) is 0 Å². The minimum atomic E-state index is -0.540. The first-order chi connectivity index (χ1) is 13.1. The van der Waals surface area contributed by atoms with E-state index < -0.39 is 5.82 Å². The first-order valence-electron chi connectivity index (χ1n) is 8.25. The Hall–Kier alpha value is -3.19. The fourth-order valence-electron chi connectivity index (χ4n) is 2.36. The molecule has 0 fully saturated rings. The van der Waals surface area contributed by atoms with E-state index in [0.717, 1.165) is 0 Å². The first-order valence-corrected chi connectivity index (χ1v) is 9.13. The number of amides is 2. The number of rotatable bonds is 6. The molecule has 0 saturated carbocycles. The number of thiophene rings is 1. The van der Waals surface area contributed by atoms with Gasteiger partial charge in [-0.1, -0.05) is 6.07 Å². The van der Waals surface area contributed by atoms with Crippen LogP contribution >= 0.6 is 11.3 Å². The van der Waals surface area contributed by atoms with E-state index in [2.05, 4.69) is 10.6 Å². The zero-order valence-electron chi connectivity index (χ0n) is 14.5. The molecule has 0 atom stereocenters. The van der Waals surface area contributed by atoms with Gasteiger partial charge in [-0.05, 0) is 54.8 Å². The van der Waals surface area contributed by atoms with Gasteiger partial charge >= 0.3 is 0 Å². The van der Waals surface area contributed by atoms with Crippen molar-refractivity contribution in [3.05, 3.63) is 76.2 Å². The number of hydrogen-bond acceptors (Lipinski definition) is 4. The summed E-state index contributed by atoms with van der Waals surface area (Å²) in [5.74, 6) is -0.982. The van der Waals surface area contributed by atoms with Crippen molar-refractivity contribution in [2.24, 2.45) is 0 Å². The molecular weight excluding hydrogens is 367 g/mol. The number of carbonyl (C=O) groups excluding carboxylic acids is 2. The molecule has 0 unspecified atom stereocenters. The highest BCUT2D eigenvalue weighted by Gasteiger charge is 2.11. The lowest BCUT2D eigenvalue weighted by atomic mass is 10.2. The second-order valence-electron chi connectivity index (χ2n) is 5.54. The SMILES string of the molecule is CCOc1ccc(NC(=O)c2ccc(NC(=O)c3cccs3)cc2)cc1F. The van der Waals surface area contributed by atoms with Gasteiger partial charge in [-0.15, -0.1) is 11.3 Å². The zero-order chi connectivity index (χ0) is 19.2. The maximum Gasteiger partial charge on any atom is 0.265 e. The quantitative estimate of drug-likeness (QED) is 0.642. The molecule has 7 heteroatoms. The van der Waals surface area contributed by atoms with Crippen LogP contribution in [0.2, 0.25) is 0 Å². The molecule has 0 radical (unpaired) electrons. The summed E-state index contributed by atoms with van der Waals surface area (Å²) in [5.41, 5.74) is 1.30. The van der Waals surface area contributed by atoms with Gasteiger partial charge in [0, 0.05) is 23.0 Å². The van der Waals surface area contributed by atoms with Crippen molar-refractivity contribution in [1.29, 1.82) is 0 Å². The number of benzene rings is 2. The number of halogens is 1. The molecule has 0 aliphatic rings. The van der Waals surface area contributed by atoms with Crippen molar-refractivity contribution in [2.45, 2.75) is 6.92 Å². The first kappa shape index (κ1) is 18.6. The van der Waals surface area contributed by atoms with Crippen molar-refractivity contribution < 1.29 is 18.7 Å². The summed E-state index contributed by atoms with van der Waals surface area (Å²) in [6.45, 7) is 2.12. The number of nitrogens with one attached hydrogen (secondary N) is 2. The maximum absolute atomic E-state index is 13.9. The molecule has 0 saturated heterocycles. The average molecular weight is 384 g/mol. The van der Waals surface area contributed by atoms with Crippen LogP contribution in [0.15, 0.2) is 60.0 Å². The lowest BCUT2D eigenvalue weighted by Gasteiger charge is -2.09. The Bertz CT molecular complexity index is 940. The second kappa shape index (κ2) is 8.46. The van der Waals surface area contributed by atoms with Crippen LogP contribution in [-0.4, -0.2) is 18.4 Å². The minimum Gasteiger partial charge on any atom is -0.491 e. The standard InChI is InChI=1S/C20H17FN2O3S/c1-2-26-17-10-9-15(12-16(17)21)23-19(24)13-5-7-14(8-6-13)22-20(25)18-4-3-11-27-18/h3-12H,2H2,1H3,(H,22,25)(H,23,24). The number of ether oxygens (including phenoxy) is 1. The van der Waals surface area contributed by atoms with Crippen LogP contribution in [0.5, 0.6) is 5.75 Å². The van der Waals surface area contributed by atoms with Crippen molar-refractivity contribution in [1.82, 2.24) is 0 Å². The van der Waals surface area contributed by atoms with Gasteiger partial charge in [0.25, 0.3) is 11.8 Å². The highest BCUT2D eigenvalue weighted by molar-refractivity contribution is 7.12. The molecule has 5 nitrogen and oxygen atoms in total. The molecule has 0 spiro atoms. The third-order valence-corrected chi connectivity index (χ3v) is 4.51. The second-order valence-corrected chi connectivity index (χ2v) is 6.49. The number of hydrogen-bond donors (Lipinski definition) is 2. The Morgan fingerprint density at radius 2 is 1.70 bits per heavy atom. The molecule has 3 rings (SSSR count). The van der Waals surface area contributed by atoms with Gasteiger partial charge in [0.15, 0.2) is 11.6 Å². The van der Waals surface area contributed by atoms with Crippen LogP contribution < -0.4 is 15.4 Å². The van der Waals surface area contributed by atoms with Crippen LogP contribution in [0.25, 0.3) is 0 Å². The zero-order valence-corrected chi connectivity index (χ0v) is 15.3. The molecule has 27 heavy (non-hydrogen) atoms. The predicted octanol–water partition coefficient (Wildman–Crippen LogP) is 4.79. The predicted molar refractivity (Wildman–Crippen MR) is 104 cm³/mol. The largest absolute Gasteiger partial charge is 0.491 e. The van der Waals surface area contributed by atoms with Gasteiger partial charge in [-0.3, -0.25) is 9.59 Å². The summed E-state index contributed by atoms with van der Waals surface area (Å²) >= 11 is 1.35. The molecule has 2 aromatic carbocycles. The van der Waals surface area contributed by atoms with Gasteiger partial charge in [0.2, 0.25) is 0 Å². The molecule has 2 amide bonds.